The van der Waals surface area contributed by atoms with E-state index in [0.29, 0.717) is 5.92 Å². The summed E-state index contributed by atoms with van der Waals surface area (Å²) in [5.41, 5.74) is 5.40. The van der Waals surface area contributed by atoms with E-state index in [1.54, 1.807) is 0 Å². The number of hydrogen-bond acceptors (Lipinski definition) is 5. The summed E-state index contributed by atoms with van der Waals surface area (Å²) in [4.78, 5) is 19.1. The van der Waals surface area contributed by atoms with Gasteiger partial charge in [-0.25, -0.2) is 4.98 Å². The Labute approximate surface area is 127 Å². The van der Waals surface area contributed by atoms with E-state index >= 15 is 0 Å². The first-order valence-corrected chi connectivity index (χ1v) is 7.89. The predicted octanol–water partition coefficient (Wildman–Crippen LogP) is 2.51. The van der Waals surface area contributed by atoms with Gasteiger partial charge in [-0.1, -0.05) is 18.2 Å². The fourth-order valence-corrected chi connectivity index (χ4v) is 3.48. The zero-order chi connectivity index (χ0) is 14.7. The van der Waals surface area contributed by atoms with E-state index in [9.17, 15) is 4.79 Å². The Balaban J connectivity index is 1.52. The molecule has 6 heteroatoms. The highest BCUT2D eigenvalue weighted by atomic mass is 32.2. The van der Waals surface area contributed by atoms with E-state index in [2.05, 4.69) is 17.1 Å². The Morgan fingerprint density at radius 3 is 2.95 bits per heavy atom. The molecule has 1 aromatic heterocycles. The molecule has 5 nitrogen and oxygen atoms in total. The number of rotatable bonds is 4. The van der Waals surface area contributed by atoms with Gasteiger partial charge in [0.25, 0.3) is 11.9 Å². The van der Waals surface area contributed by atoms with Crippen molar-refractivity contribution in [3.63, 3.8) is 0 Å². The summed E-state index contributed by atoms with van der Waals surface area (Å²) >= 11 is 1.84. The molecule has 3 rings (SSSR count). The third-order valence-electron chi connectivity index (χ3n) is 3.54. The van der Waals surface area contributed by atoms with Crippen LogP contribution in [0.25, 0.3) is 0 Å². The summed E-state index contributed by atoms with van der Waals surface area (Å²) in [5, 5.41) is 0. The first-order chi connectivity index (χ1) is 10.2. The van der Waals surface area contributed by atoms with E-state index in [4.69, 9.17) is 10.2 Å². The number of oxazole rings is 1. The zero-order valence-electron chi connectivity index (χ0n) is 11.6. The second-order valence-corrected chi connectivity index (χ2v) is 6.19. The van der Waals surface area contributed by atoms with Gasteiger partial charge in [0.15, 0.2) is 0 Å². The molecule has 2 N–H and O–H groups in total. The monoisotopic (exact) mass is 303 g/mol. The van der Waals surface area contributed by atoms with Crippen molar-refractivity contribution in [3.8, 4) is 0 Å². The van der Waals surface area contributed by atoms with E-state index in [1.807, 2.05) is 34.9 Å². The molecule has 0 bridgehead atoms. The van der Waals surface area contributed by atoms with Crippen molar-refractivity contribution < 1.29 is 9.21 Å². The molecule has 1 fully saturated rings. The number of nitrogens with zero attached hydrogens (tertiary/aromatic N) is 2. The van der Waals surface area contributed by atoms with Gasteiger partial charge < -0.3 is 15.1 Å². The quantitative estimate of drug-likeness (QED) is 0.879. The van der Waals surface area contributed by atoms with Crippen LogP contribution in [0.2, 0.25) is 0 Å². The van der Waals surface area contributed by atoms with Gasteiger partial charge in [0.1, 0.15) is 0 Å². The molecular weight excluding hydrogens is 286 g/mol. The van der Waals surface area contributed by atoms with Crippen molar-refractivity contribution >= 4 is 23.7 Å². The maximum Gasteiger partial charge on any atom is 0.292 e. The van der Waals surface area contributed by atoms with Crippen molar-refractivity contribution in [2.45, 2.75) is 11.3 Å². The first kappa shape index (κ1) is 14.0. The van der Waals surface area contributed by atoms with Crippen LogP contribution < -0.4 is 5.73 Å². The van der Waals surface area contributed by atoms with Crippen molar-refractivity contribution in [3.05, 3.63) is 42.3 Å². The topological polar surface area (TPSA) is 72.4 Å². The maximum atomic E-state index is 12.2. The average molecular weight is 303 g/mol. The molecule has 110 valence electrons. The molecule has 2 heterocycles. The van der Waals surface area contributed by atoms with Gasteiger partial charge in [0.05, 0.1) is 6.20 Å². The maximum absolute atomic E-state index is 12.2. The normalized spacial score (nSPS) is 18.1. The average Bonchev–Trinajstić information content (AvgIpc) is 3.14. The first-order valence-electron chi connectivity index (χ1n) is 6.91. The van der Waals surface area contributed by atoms with Crippen molar-refractivity contribution in [1.82, 2.24) is 9.88 Å². The lowest BCUT2D eigenvalue weighted by Crippen LogP contribution is -2.28. The van der Waals surface area contributed by atoms with Crippen molar-refractivity contribution in [2.24, 2.45) is 5.92 Å². The number of thioether (sulfide) groups is 1. The number of likely N-dealkylation sites (tertiary alicyclic amines) is 1. The largest absolute Gasteiger partial charge is 0.418 e. The molecule has 0 saturated carbocycles. The van der Waals surface area contributed by atoms with Crippen LogP contribution in [0.3, 0.4) is 0 Å². The van der Waals surface area contributed by atoms with Crippen LogP contribution in [0, 0.1) is 5.92 Å². The van der Waals surface area contributed by atoms with Crippen LogP contribution in [0.1, 0.15) is 17.0 Å². The Morgan fingerprint density at radius 2 is 2.24 bits per heavy atom. The summed E-state index contributed by atoms with van der Waals surface area (Å²) in [6.45, 7) is 1.53. The molecule has 0 spiro atoms. The van der Waals surface area contributed by atoms with Gasteiger partial charge in [-0.05, 0) is 24.5 Å². The smallest absolute Gasteiger partial charge is 0.292 e. The van der Waals surface area contributed by atoms with Gasteiger partial charge in [0, 0.05) is 23.7 Å². The van der Waals surface area contributed by atoms with Crippen LogP contribution in [0.5, 0.6) is 0 Å². The summed E-state index contributed by atoms with van der Waals surface area (Å²) in [6, 6.07) is 10.4. The number of benzene rings is 1. The van der Waals surface area contributed by atoms with Gasteiger partial charge in [-0.15, -0.1) is 11.8 Å². The highest BCUT2D eigenvalue weighted by molar-refractivity contribution is 7.99. The minimum atomic E-state index is -0.119. The molecule has 1 aliphatic rings. The van der Waals surface area contributed by atoms with E-state index < -0.39 is 0 Å². The third kappa shape index (κ3) is 3.39. The fraction of sp³-hybridized carbons (Fsp3) is 0.333. The molecule has 21 heavy (non-hydrogen) atoms. The highest BCUT2D eigenvalue weighted by Gasteiger charge is 2.28. The number of aromatic nitrogens is 1. The Bertz CT molecular complexity index is 614. The van der Waals surface area contributed by atoms with Crippen LogP contribution in [-0.4, -0.2) is 34.6 Å². The SMILES string of the molecule is Nc1ncc(C(=O)N2CCC(CSc3ccccc3)C2)o1. The summed E-state index contributed by atoms with van der Waals surface area (Å²) in [7, 11) is 0. The number of nitrogens with two attached hydrogens (primary N) is 1. The molecule has 1 aromatic carbocycles. The fourth-order valence-electron chi connectivity index (χ4n) is 2.43. The lowest BCUT2D eigenvalue weighted by molar-refractivity contribution is 0.0758. The number of carbonyl (C=O) groups is 1. The number of amides is 1. The minimum Gasteiger partial charge on any atom is -0.418 e. The van der Waals surface area contributed by atoms with Gasteiger partial charge >= 0.3 is 0 Å². The molecule has 0 radical (unpaired) electrons. The molecule has 1 saturated heterocycles. The van der Waals surface area contributed by atoms with Gasteiger partial charge in [-0.3, -0.25) is 4.79 Å². The molecule has 0 aliphatic carbocycles. The molecule has 1 amide bonds. The molecular formula is C15H17N3O2S. The summed E-state index contributed by atoms with van der Waals surface area (Å²) in [5.74, 6) is 1.64. The zero-order valence-corrected chi connectivity index (χ0v) is 12.4. The molecule has 1 unspecified atom stereocenters. The number of hydrogen-bond donors (Lipinski definition) is 1. The Hall–Kier alpha value is -1.95. The van der Waals surface area contributed by atoms with Crippen LogP contribution >= 0.6 is 11.8 Å². The van der Waals surface area contributed by atoms with Crippen LogP contribution in [0.4, 0.5) is 6.01 Å². The lowest BCUT2D eigenvalue weighted by Gasteiger charge is -2.14. The van der Waals surface area contributed by atoms with E-state index in [-0.39, 0.29) is 17.7 Å². The van der Waals surface area contributed by atoms with Crippen LogP contribution in [0.15, 0.2) is 45.8 Å². The summed E-state index contributed by atoms with van der Waals surface area (Å²) < 4.78 is 5.09. The number of nitrogen functional groups attached to an aromatic ring is 1. The highest BCUT2D eigenvalue weighted by Crippen LogP contribution is 2.26. The van der Waals surface area contributed by atoms with E-state index in [1.165, 1.54) is 11.1 Å². The number of carbonyl (C=O) groups excluding carboxylic acids is 1. The molecule has 1 aliphatic heterocycles. The van der Waals surface area contributed by atoms with Crippen LogP contribution in [-0.2, 0) is 0 Å². The summed E-state index contributed by atoms with van der Waals surface area (Å²) in [6.07, 6.45) is 2.42. The molecule has 2 aromatic rings. The molecule has 1 atom stereocenters. The standard InChI is InChI=1S/C15H17N3O2S/c16-15-17-8-13(20-15)14(19)18-7-6-11(9-18)10-21-12-4-2-1-3-5-12/h1-5,8,11H,6-7,9-10H2,(H2,16,17). The van der Waals surface area contributed by atoms with Crippen molar-refractivity contribution in [2.75, 3.05) is 24.6 Å². The third-order valence-corrected chi connectivity index (χ3v) is 4.78. The van der Waals surface area contributed by atoms with Gasteiger partial charge in [0.2, 0.25) is 5.76 Å². The van der Waals surface area contributed by atoms with E-state index in [0.717, 1.165) is 25.3 Å². The number of anilines is 1. The van der Waals surface area contributed by atoms with Crippen molar-refractivity contribution in [1.29, 1.82) is 0 Å². The second kappa shape index (κ2) is 6.22. The second-order valence-electron chi connectivity index (χ2n) is 5.09. The Morgan fingerprint density at radius 1 is 1.43 bits per heavy atom. The minimum absolute atomic E-state index is 0.0359. The Kier molecular flexibility index (Phi) is 4.15. The van der Waals surface area contributed by atoms with Gasteiger partial charge in [-0.2, -0.15) is 0 Å². The predicted molar refractivity (Wildman–Crippen MR) is 82.1 cm³/mol. The lowest BCUT2D eigenvalue weighted by atomic mass is 10.2.